The highest BCUT2D eigenvalue weighted by Crippen LogP contribution is 2.24. The lowest BCUT2D eigenvalue weighted by Gasteiger charge is -2.15. The van der Waals surface area contributed by atoms with Crippen molar-refractivity contribution >= 4 is 10.0 Å². The number of hydrogen-bond donors (Lipinski definition) is 0. The monoisotopic (exact) mass is 329 g/mol. The molecule has 0 aliphatic carbocycles. The summed E-state index contributed by atoms with van der Waals surface area (Å²) in [5.74, 6) is 0.757. The molecule has 118 valence electrons. The lowest BCUT2D eigenvalue weighted by Crippen LogP contribution is -2.27. The van der Waals surface area contributed by atoms with Gasteiger partial charge in [0.1, 0.15) is 10.6 Å². The van der Waals surface area contributed by atoms with Gasteiger partial charge in [-0.2, -0.15) is 9.57 Å². The molecule has 7 heteroatoms. The Morgan fingerprint density at radius 1 is 1.17 bits per heavy atom. The first-order valence-corrected chi connectivity index (χ1v) is 8.68. The SMILES string of the molecule is N#Cc1cccc(Oc2ccc(S(=O)(=O)N3CCCC3)cn2)c1. The molecule has 0 bridgehead atoms. The van der Waals surface area contributed by atoms with Crippen LogP contribution in [-0.2, 0) is 10.0 Å². The maximum atomic E-state index is 12.4. The summed E-state index contributed by atoms with van der Waals surface area (Å²) >= 11 is 0. The van der Waals surface area contributed by atoms with Crippen molar-refractivity contribution in [3.05, 3.63) is 48.2 Å². The van der Waals surface area contributed by atoms with E-state index in [2.05, 4.69) is 4.98 Å². The quantitative estimate of drug-likeness (QED) is 0.860. The van der Waals surface area contributed by atoms with Crippen molar-refractivity contribution in [2.24, 2.45) is 0 Å². The van der Waals surface area contributed by atoms with E-state index in [1.165, 1.54) is 22.6 Å². The van der Waals surface area contributed by atoms with Crippen LogP contribution in [0.1, 0.15) is 18.4 Å². The highest BCUT2D eigenvalue weighted by Gasteiger charge is 2.27. The minimum atomic E-state index is -3.47. The summed E-state index contributed by atoms with van der Waals surface area (Å²) in [5.41, 5.74) is 0.482. The highest BCUT2D eigenvalue weighted by molar-refractivity contribution is 7.89. The molecule has 1 aromatic heterocycles. The average molecular weight is 329 g/mol. The van der Waals surface area contributed by atoms with Crippen molar-refractivity contribution in [1.29, 1.82) is 5.26 Å². The Kier molecular flexibility index (Phi) is 4.28. The minimum absolute atomic E-state index is 0.164. The molecular formula is C16H15N3O3S. The van der Waals surface area contributed by atoms with Crippen molar-refractivity contribution in [2.75, 3.05) is 13.1 Å². The van der Waals surface area contributed by atoms with E-state index >= 15 is 0 Å². The third-order valence-corrected chi connectivity index (χ3v) is 5.48. The molecule has 3 rings (SSSR count). The lowest BCUT2D eigenvalue weighted by molar-refractivity contribution is 0.459. The third-order valence-electron chi connectivity index (χ3n) is 3.60. The lowest BCUT2D eigenvalue weighted by atomic mass is 10.2. The molecule has 1 aliphatic heterocycles. The van der Waals surface area contributed by atoms with Crippen LogP contribution in [0.5, 0.6) is 11.6 Å². The van der Waals surface area contributed by atoms with E-state index in [0.29, 0.717) is 24.4 Å². The van der Waals surface area contributed by atoms with Gasteiger partial charge in [-0.1, -0.05) is 6.07 Å². The number of ether oxygens (including phenoxy) is 1. The number of benzene rings is 1. The summed E-state index contributed by atoms with van der Waals surface area (Å²) in [5, 5.41) is 8.87. The van der Waals surface area contributed by atoms with E-state index in [0.717, 1.165) is 12.8 Å². The molecule has 0 atom stereocenters. The number of nitrogens with zero attached hydrogens (tertiary/aromatic N) is 3. The number of rotatable bonds is 4. The Balaban J connectivity index is 1.78. The molecule has 0 spiro atoms. The second kappa shape index (κ2) is 6.36. The van der Waals surface area contributed by atoms with Crippen LogP contribution in [0, 0.1) is 11.3 Å². The van der Waals surface area contributed by atoms with Gasteiger partial charge < -0.3 is 4.74 Å². The number of aromatic nitrogens is 1. The molecule has 1 fully saturated rings. The molecule has 1 aromatic carbocycles. The minimum Gasteiger partial charge on any atom is -0.439 e. The largest absolute Gasteiger partial charge is 0.439 e. The van der Waals surface area contributed by atoms with Gasteiger partial charge in [-0.15, -0.1) is 0 Å². The molecule has 0 N–H and O–H groups in total. The summed E-state index contributed by atoms with van der Waals surface area (Å²) < 4.78 is 31.8. The molecular weight excluding hydrogens is 314 g/mol. The summed E-state index contributed by atoms with van der Waals surface area (Å²) in [4.78, 5) is 4.22. The molecule has 1 saturated heterocycles. The third kappa shape index (κ3) is 3.33. The fourth-order valence-electron chi connectivity index (χ4n) is 2.41. The average Bonchev–Trinajstić information content (AvgIpc) is 3.11. The Morgan fingerprint density at radius 3 is 2.61 bits per heavy atom. The van der Waals surface area contributed by atoms with E-state index in [1.54, 1.807) is 24.3 Å². The van der Waals surface area contributed by atoms with Crippen molar-refractivity contribution in [1.82, 2.24) is 9.29 Å². The number of sulfonamides is 1. The Hall–Kier alpha value is -2.43. The van der Waals surface area contributed by atoms with Crippen LogP contribution in [0.2, 0.25) is 0 Å². The van der Waals surface area contributed by atoms with E-state index in [4.69, 9.17) is 10.00 Å². The number of hydrogen-bond acceptors (Lipinski definition) is 5. The van der Waals surface area contributed by atoms with Crippen LogP contribution in [0.4, 0.5) is 0 Å². The summed E-state index contributed by atoms with van der Waals surface area (Å²) in [6.07, 6.45) is 3.09. The van der Waals surface area contributed by atoms with Gasteiger partial charge in [0.15, 0.2) is 0 Å². The summed E-state index contributed by atoms with van der Waals surface area (Å²) in [6.45, 7) is 1.11. The molecule has 0 saturated carbocycles. The van der Waals surface area contributed by atoms with Crippen LogP contribution in [-0.4, -0.2) is 30.8 Å². The second-order valence-electron chi connectivity index (χ2n) is 5.19. The zero-order valence-corrected chi connectivity index (χ0v) is 13.2. The normalized spacial score (nSPS) is 15.3. The maximum Gasteiger partial charge on any atom is 0.244 e. The van der Waals surface area contributed by atoms with Gasteiger partial charge in [-0.25, -0.2) is 13.4 Å². The Morgan fingerprint density at radius 2 is 1.96 bits per heavy atom. The van der Waals surface area contributed by atoms with E-state index < -0.39 is 10.0 Å². The van der Waals surface area contributed by atoms with Crippen LogP contribution in [0.15, 0.2) is 47.5 Å². The van der Waals surface area contributed by atoms with Gasteiger partial charge in [0.05, 0.1) is 17.8 Å². The summed E-state index contributed by atoms with van der Waals surface area (Å²) in [7, 11) is -3.47. The standard InChI is InChI=1S/C16H15N3O3S/c17-11-13-4-3-5-14(10-13)22-16-7-6-15(12-18-16)23(20,21)19-8-1-2-9-19/h3-7,10,12H,1-2,8-9H2. The van der Waals surface area contributed by atoms with Crippen LogP contribution in [0.3, 0.4) is 0 Å². The molecule has 0 radical (unpaired) electrons. The molecule has 2 heterocycles. The zero-order valence-electron chi connectivity index (χ0n) is 12.3. The van der Waals surface area contributed by atoms with Gasteiger partial charge in [0.2, 0.25) is 15.9 Å². The van der Waals surface area contributed by atoms with Gasteiger partial charge in [0.25, 0.3) is 0 Å². The smallest absolute Gasteiger partial charge is 0.244 e. The van der Waals surface area contributed by atoms with Crippen molar-refractivity contribution in [2.45, 2.75) is 17.7 Å². The van der Waals surface area contributed by atoms with Crippen LogP contribution < -0.4 is 4.74 Å². The van der Waals surface area contributed by atoms with Gasteiger partial charge in [0, 0.05) is 19.2 Å². The van der Waals surface area contributed by atoms with E-state index in [-0.39, 0.29) is 10.8 Å². The van der Waals surface area contributed by atoms with E-state index in [9.17, 15) is 8.42 Å². The van der Waals surface area contributed by atoms with Gasteiger partial charge in [-0.3, -0.25) is 0 Å². The number of nitriles is 1. The molecule has 1 aliphatic rings. The number of pyridine rings is 1. The molecule has 0 unspecified atom stereocenters. The van der Waals surface area contributed by atoms with Gasteiger partial charge in [-0.05, 0) is 37.1 Å². The first-order valence-electron chi connectivity index (χ1n) is 7.24. The van der Waals surface area contributed by atoms with Crippen molar-refractivity contribution in [3.63, 3.8) is 0 Å². The molecule has 23 heavy (non-hydrogen) atoms. The fourth-order valence-corrected chi connectivity index (χ4v) is 3.87. The maximum absolute atomic E-state index is 12.4. The van der Waals surface area contributed by atoms with Crippen molar-refractivity contribution < 1.29 is 13.2 Å². The first-order chi connectivity index (χ1) is 11.1. The molecule has 6 nitrogen and oxygen atoms in total. The van der Waals surface area contributed by atoms with Crippen molar-refractivity contribution in [3.8, 4) is 17.7 Å². The predicted molar refractivity (Wildman–Crippen MR) is 83.5 cm³/mol. The van der Waals surface area contributed by atoms with E-state index in [1.807, 2.05) is 6.07 Å². The summed E-state index contributed by atoms with van der Waals surface area (Å²) in [6, 6.07) is 11.7. The van der Waals surface area contributed by atoms with Crippen LogP contribution >= 0.6 is 0 Å². The highest BCUT2D eigenvalue weighted by atomic mass is 32.2. The fraction of sp³-hybridized carbons (Fsp3) is 0.250. The zero-order chi connectivity index (χ0) is 16.3. The Labute approximate surface area is 135 Å². The predicted octanol–water partition coefficient (Wildman–Crippen LogP) is 2.53. The Bertz CT molecular complexity index is 836. The van der Waals surface area contributed by atoms with Gasteiger partial charge >= 0.3 is 0 Å². The molecule has 0 amide bonds. The second-order valence-corrected chi connectivity index (χ2v) is 7.12. The first kappa shape index (κ1) is 15.5. The topological polar surface area (TPSA) is 83.3 Å². The molecule has 2 aromatic rings. The van der Waals surface area contributed by atoms with Crippen LogP contribution in [0.25, 0.3) is 0 Å².